The fourth-order valence-corrected chi connectivity index (χ4v) is 3.01. The maximum atomic E-state index is 12.5. The van der Waals surface area contributed by atoms with Crippen molar-refractivity contribution < 1.29 is 9.53 Å². The molecule has 2 rings (SSSR count). The molecule has 5 heteroatoms. The molecule has 1 atom stereocenters. The van der Waals surface area contributed by atoms with Gasteiger partial charge in [0, 0.05) is 19.0 Å². The van der Waals surface area contributed by atoms with E-state index in [0.717, 1.165) is 57.1 Å². The van der Waals surface area contributed by atoms with Gasteiger partial charge in [-0.25, -0.2) is 0 Å². The lowest BCUT2D eigenvalue weighted by atomic mass is 9.95. The first-order valence-electron chi connectivity index (χ1n) is 8.88. The Morgan fingerprint density at radius 1 is 1.29 bits per heavy atom. The Morgan fingerprint density at radius 2 is 1.96 bits per heavy atom. The fraction of sp³-hybridized carbons (Fsp3) is 0.632. The lowest BCUT2D eigenvalue weighted by Gasteiger charge is -2.33. The van der Waals surface area contributed by atoms with Crippen LogP contribution in [-0.4, -0.2) is 43.6 Å². The van der Waals surface area contributed by atoms with Crippen LogP contribution in [0.15, 0.2) is 30.3 Å². The second-order valence-electron chi connectivity index (χ2n) is 6.43. The van der Waals surface area contributed by atoms with E-state index >= 15 is 0 Å². The number of benzene rings is 1. The minimum Gasteiger partial charge on any atom is -0.494 e. The van der Waals surface area contributed by atoms with E-state index < -0.39 is 0 Å². The summed E-state index contributed by atoms with van der Waals surface area (Å²) in [7, 11) is 0. The first-order valence-corrected chi connectivity index (χ1v) is 8.88. The molecule has 0 saturated carbocycles. The Bertz CT molecular complexity index is 462. The molecule has 1 unspecified atom stereocenters. The Labute approximate surface area is 152 Å². The summed E-state index contributed by atoms with van der Waals surface area (Å²) < 4.78 is 5.70. The first-order chi connectivity index (χ1) is 11.2. The number of nitrogens with one attached hydrogen (secondary N) is 1. The third-order valence-electron chi connectivity index (χ3n) is 4.59. The fourth-order valence-electron chi connectivity index (χ4n) is 3.01. The molecule has 1 amide bonds. The molecule has 136 valence electrons. The van der Waals surface area contributed by atoms with Gasteiger partial charge < -0.3 is 15.0 Å². The van der Waals surface area contributed by atoms with E-state index in [1.807, 2.05) is 42.2 Å². The zero-order chi connectivity index (χ0) is 16.5. The Morgan fingerprint density at radius 3 is 2.58 bits per heavy atom. The van der Waals surface area contributed by atoms with E-state index in [-0.39, 0.29) is 24.2 Å². The highest BCUT2D eigenvalue weighted by molar-refractivity contribution is 5.85. The Kier molecular flexibility index (Phi) is 9.80. The van der Waals surface area contributed by atoms with Gasteiger partial charge in [0.1, 0.15) is 5.75 Å². The number of nitrogens with zero attached hydrogens (tertiary/aromatic N) is 1. The van der Waals surface area contributed by atoms with Crippen LogP contribution in [0.3, 0.4) is 0 Å². The van der Waals surface area contributed by atoms with E-state index in [1.165, 1.54) is 0 Å². The first kappa shape index (κ1) is 20.8. The minimum atomic E-state index is 0. The van der Waals surface area contributed by atoms with E-state index in [9.17, 15) is 4.79 Å². The van der Waals surface area contributed by atoms with Crippen LogP contribution in [0.2, 0.25) is 0 Å². The van der Waals surface area contributed by atoms with Crippen LogP contribution < -0.4 is 10.1 Å². The molecule has 1 saturated heterocycles. The molecule has 4 nitrogen and oxygen atoms in total. The molecule has 0 bridgehead atoms. The van der Waals surface area contributed by atoms with E-state index in [1.54, 1.807) is 0 Å². The smallest absolute Gasteiger partial charge is 0.225 e. The summed E-state index contributed by atoms with van der Waals surface area (Å²) in [6.07, 6.45) is 3.00. The number of amides is 1. The molecule has 1 N–H and O–H groups in total. The van der Waals surface area contributed by atoms with E-state index in [4.69, 9.17) is 4.74 Å². The molecular weight excluding hydrogens is 324 g/mol. The van der Waals surface area contributed by atoms with Gasteiger partial charge in [0.15, 0.2) is 0 Å². The highest BCUT2D eigenvalue weighted by Crippen LogP contribution is 2.19. The third-order valence-corrected chi connectivity index (χ3v) is 4.59. The highest BCUT2D eigenvalue weighted by atomic mass is 35.5. The van der Waals surface area contributed by atoms with Crippen molar-refractivity contribution in [2.24, 2.45) is 11.8 Å². The summed E-state index contributed by atoms with van der Waals surface area (Å²) in [6.45, 7) is 8.65. The lowest BCUT2D eigenvalue weighted by molar-refractivity contribution is -0.136. The molecule has 0 spiro atoms. The van der Waals surface area contributed by atoms with Crippen molar-refractivity contribution in [2.45, 2.75) is 33.1 Å². The Balaban J connectivity index is 0.00000288. The van der Waals surface area contributed by atoms with Crippen molar-refractivity contribution in [1.82, 2.24) is 10.2 Å². The Hall–Kier alpha value is -1.26. The van der Waals surface area contributed by atoms with Crippen LogP contribution in [-0.2, 0) is 4.79 Å². The van der Waals surface area contributed by atoms with Crippen molar-refractivity contribution in [2.75, 3.05) is 32.8 Å². The van der Waals surface area contributed by atoms with Gasteiger partial charge in [-0.2, -0.15) is 0 Å². The molecule has 1 aliphatic rings. The number of hydrogen-bond donors (Lipinski definition) is 1. The number of likely N-dealkylation sites (tertiary alicyclic amines) is 1. The van der Waals surface area contributed by atoms with Gasteiger partial charge in [0.05, 0.1) is 6.61 Å². The van der Waals surface area contributed by atoms with Crippen LogP contribution in [0.25, 0.3) is 0 Å². The molecule has 1 fully saturated rings. The summed E-state index contributed by atoms with van der Waals surface area (Å²) in [4.78, 5) is 14.6. The summed E-state index contributed by atoms with van der Waals surface area (Å²) in [5.41, 5.74) is 0. The molecule has 24 heavy (non-hydrogen) atoms. The molecule has 1 heterocycles. The molecule has 0 radical (unpaired) electrons. The number of hydrogen-bond acceptors (Lipinski definition) is 3. The molecule has 1 aromatic rings. The van der Waals surface area contributed by atoms with Crippen molar-refractivity contribution in [3.05, 3.63) is 30.3 Å². The number of rotatable bonds is 8. The summed E-state index contributed by atoms with van der Waals surface area (Å²) in [5, 5.41) is 3.41. The number of carbonyl (C=O) groups is 1. The van der Waals surface area contributed by atoms with Crippen molar-refractivity contribution >= 4 is 18.3 Å². The number of piperidine rings is 1. The normalized spacial score (nSPS) is 16.3. The van der Waals surface area contributed by atoms with Crippen molar-refractivity contribution in [1.29, 1.82) is 0 Å². The van der Waals surface area contributed by atoms with Crippen molar-refractivity contribution in [3.63, 3.8) is 0 Å². The second kappa shape index (κ2) is 11.3. The maximum absolute atomic E-state index is 12.5. The van der Waals surface area contributed by atoms with Gasteiger partial charge in [-0.1, -0.05) is 32.0 Å². The van der Waals surface area contributed by atoms with Gasteiger partial charge in [-0.3, -0.25) is 4.79 Å². The van der Waals surface area contributed by atoms with Gasteiger partial charge in [-0.05, 0) is 50.4 Å². The second-order valence-corrected chi connectivity index (χ2v) is 6.43. The minimum absolute atomic E-state index is 0. The molecule has 0 aliphatic carbocycles. The SMILES string of the molecule is CCNCC1CCN(C(=O)C(C)CCOc2ccccc2)CC1.Cl. The zero-order valence-corrected chi connectivity index (χ0v) is 15.7. The predicted molar refractivity (Wildman–Crippen MR) is 101 cm³/mol. The van der Waals surface area contributed by atoms with E-state index in [0.29, 0.717) is 6.61 Å². The van der Waals surface area contributed by atoms with Crippen LogP contribution in [0.1, 0.15) is 33.1 Å². The topological polar surface area (TPSA) is 41.6 Å². The quantitative estimate of drug-likeness (QED) is 0.778. The van der Waals surface area contributed by atoms with Gasteiger partial charge in [0.25, 0.3) is 0 Å². The summed E-state index contributed by atoms with van der Waals surface area (Å²) in [6, 6.07) is 9.78. The third kappa shape index (κ3) is 6.70. The molecule has 1 aliphatic heterocycles. The maximum Gasteiger partial charge on any atom is 0.225 e. The predicted octanol–water partition coefficient (Wildman–Crippen LogP) is 3.36. The molecular formula is C19H31ClN2O2. The lowest BCUT2D eigenvalue weighted by Crippen LogP contribution is -2.43. The average molecular weight is 355 g/mol. The largest absolute Gasteiger partial charge is 0.494 e. The standard InChI is InChI=1S/C19H30N2O2.ClH/c1-3-20-15-17-9-12-21(13-10-17)19(22)16(2)11-14-23-18-7-5-4-6-8-18;/h4-8,16-17,20H,3,9-15H2,1-2H3;1H. The average Bonchev–Trinajstić information content (AvgIpc) is 2.60. The summed E-state index contributed by atoms with van der Waals surface area (Å²) in [5.74, 6) is 1.90. The van der Waals surface area contributed by atoms with E-state index in [2.05, 4.69) is 12.2 Å². The zero-order valence-electron chi connectivity index (χ0n) is 14.9. The highest BCUT2D eigenvalue weighted by Gasteiger charge is 2.25. The number of halogens is 1. The number of carbonyl (C=O) groups excluding carboxylic acids is 1. The molecule has 1 aromatic carbocycles. The number of para-hydroxylation sites is 1. The van der Waals surface area contributed by atoms with Gasteiger partial charge in [0.2, 0.25) is 5.91 Å². The van der Waals surface area contributed by atoms with Crippen LogP contribution >= 0.6 is 12.4 Å². The molecule has 0 aromatic heterocycles. The van der Waals surface area contributed by atoms with Crippen molar-refractivity contribution in [3.8, 4) is 5.75 Å². The van der Waals surface area contributed by atoms with Crippen LogP contribution in [0, 0.1) is 11.8 Å². The number of ether oxygens (including phenoxy) is 1. The van der Waals surface area contributed by atoms with Gasteiger partial charge in [-0.15, -0.1) is 12.4 Å². The summed E-state index contributed by atoms with van der Waals surface area (Å²) >= 11 is 0. The van der Waals surface area contributed by atoms with Gasteiger partial charge >= 0.3 is 0 Å². The van der Waals surface area contributed by atoms with Crippen LogP contribution in [0.5, 0.6) is 5.75 Å². The van der Waals surface area contributed by atoms with Crippen LogP contribution in [0.4, 0.5) is 0 Å². The monoisotopic (exact) mass is 354 g/mol.